The summed E-state index contributed by atoms with van der Waals surface area (Å²) in [5, 5.41) is 68.1. The summed E-state index contributed by atoms with van der Waals surface area (Å²) >= 11 is 0. The quantitative estimate of drug-likeness (QED) is 0.157. The highest BCUT2D eigenvalue weighted by atomic mass is 16.8. The monoisotopic (exact) mass is 305 g/mol. The first-order valence-electron chi connectivity index (χ1n) is 6.70. The third-order valence-corrected chi connectivity index (χ3v) is 4.07. The molecule has 0 radical (unpaired) electrons. The molecular weight excluding hydrogens is 282 g/mol. The average Bonchev–Trinajstić information content (AvgIpc) is 2.46. The summed E-state index contributed by atoms with van der Waals surface area (Å²) in [5.41, 5.74) is 1.78. The Morgan fingerprint density at radius 1 is 1.14 bits per heavy atom. The molecule has 0 aromatic carbocycles. The van der Waals surface area contributed by atoms with Crippen LogP contribution in [0.1, 0.15) is 26.7 Å². The fourth-order valence-electron chi connectivity index (χ4n) is 2.48. The fraction of sp³-hybridized carbons (Fsp3) is 0.769. The smallest absolute Gasteiger partial charge is 0.231 e. The summed E-state index contributed by atoms with van der Waals surface area (Å²) in [6, 6.07) is 0. The maximum atomic E-state index is 11.2. The molecule has 0 bridgehead atoms. The van der Waals surface area contributed by atoms with Crippen molar-refractivity contribution >= 4 is 5.71 Å². The van der Waals surface area contributed by atoms with Gasteiger partial charge in [-0.25, -0.2) is 0 Å². The Morgan fingerprint density at radius 2 is 1.71 bits per heavy atom. The minimum atomic E-state index is -1.77. The second-order valence-electron chi connectivity index (χ2n) is 5.53. The predicted molar refractivity (Wildman–Crippen MR) is 72.6 cm³/mol. The highest BCUT2D eigenvalue weighted by molar-refractivity contribution is 5.86. The van der Waals surface area contributed by atoms with Crippen LogP contribution >= 0.6 is 0 Å². The zero-order chi connectivity index (χ0) is 16.3. The highest BCUT2D eigenvalue weighted by Crippen LogP contribution is 2.31. The zero-order valence-corrected chi connectivity index (χ0v) is 12.0. The first kappa shape index (κ1) is 17.9. The largest absolute Gasteiger partial charge is 0.418 e. The summed E-state index contributed by atoms with van der Waals surface area (Å²) in [4.78, 5) is -0.328. The maximum Gasteiger partial charge on any atom is 0.231 e. The van der Waals surface area contributed by atoms with Crippen molar-refractivity contribution in [3.8, 4) is 0 Å². The van der Waals surface area contributed by atoms with Gasteiger partial charge in [0.25, 0.3) is 0 Å². The molecule has 8 heteroatoms. The molecule has 0 aromatic rings. The Bertz CT molecular complexity index is 430. The van der Waals surface area contributed by atoms with Crippen LogP contribution in [0.15, 0.2) is 11.1 Å². The lowest BCUT2D eigenvalue weighted by Crippen LogP contribution is -2.51. The number of aliphatic hydroxyl groups excluding tert-OH is 5. The van der Waals surface area contributed by atoms with E-state index in [1.54, 1.807) is 6.92 Å². The molecule has 0 saturated heterocycles. The number of aliphatic hydroxyl groups is 5. The summed E-state index contributed by atoms with van der Waals surface area (Å²) in [7, 11) is 0. The van der Waals surface area contributed by atoms with Gasteiger partial charge in [0.05, 0.1) is 25.0 Å². The Kier molecular flexibility index (Phi) is 6.11. The van der Waals surface area contributed by atoms with Crippen molar-refractivity contribution in [3.05, 3.63) is 16.4 Å². The van der Waals surface area contributed by atoms with Crippen LogP contribution in [0, 0.1) is 11.1 Å². The molecule has 0 aromatic heterocycles. The second kappa shape index (κ2) is 7.19. The minimum absolute atomic E-state index is 0.0182. The van der Waals surface area contributed by atoms with Crippen molar-refractivity contribution in [1.82, 2.24) is 0 Å². The normalized spacial score (nSPS) is 28.0. The molecule has 0 aliphatic heterocycles. The molecule has 0 fully saturated rings. The van der Waals surface area contributed by atoms with Crippen molar-refractivity contribution in [1.29, 1.82) is 0 Å². The lowest BCUT2D eigenvalue weighted by Gasteiger charge is -2.32. The van der Waals surface area contributed by atoms with Crippen LogP contribution in [-0.4, -0.2) is 72.4 Å². The molecule has 1 aliphatic rings. The van der Waals surface area contributed by atoms with Crippen molar-refractivity contribution < 1.29 is 35.6 Å². The van der Waals surface area contributed by atoms with E-state index >= 15 is 0 Å². The summed E-state index contributed by atoms with van der Waals surface area (Å²) in [5.74, 6) is -0.883. The number of nitrogens with zero attached hydrogens (tertiary/aromatic N) is 1. The van der Waals surface area contributed by atoms with Gasteiger partial charge in [0.15, 0.2) is 0 Å². The van der Waals surface area contributed by atoms with E-state index in [1.165, 1.54) is 0 Å². The van der Waals surface area contributed by atoms with Crippen molar-refractivity contribution in [2.75, 3.05) is 6.61 Å². The van der Waals surface area contributed by atoms with Gasteiger partial charge >= 0.3 is 0 Å². The van der Waals surface area contributed by atoms with Crippen LogP contribution < -0.4 is 0 Å². The van der Waals surface area contributed by atoms with E-state index in [0.717, 1.165) is 11.1 Å². The molecule has 0 spiro atoms. The van der Waals surface area contributed by atoms with Crippen LogP contribution in [0.4, 0.5) is 0 Å². The van der Waals surface area contributed by atoms with Crippen molar-refractivity contribution in [3.63, 3.8) is 0 Å². The van der Waals surface area contributed by atoms with Gasteiger partial charge in [-0.3, -0.25) is 5.21 Å². The van der Waals surface area contributed by atoms with Gasteiger partial charge in [-0.1, -0.05) is 11.1 Å². The molecule has 1 rings (SSSR count). The fourth-order valence-corrected chi connectivity index (χ4v) is 2.48. The van der Waals surface area contributed by atoms with E-state index < -0.39 is 36.9 Å². The van der Waals surface area contributed by atoms with Gasteiger partial charge in [-0.05, 0) is 20.3 Å². The lowest BCUT2D eigenvalue weighted by atomic mass is 9.78. The maximum absolute atomic E-state index is 11.2. The predicted octanol–water partition coefficient (Wildman–Crippen LogP) is -1.49. The SMILES string of the molecule is CC1=C(C)C[C@@H]([C@@H](O)[C@@H](O)[C@H](O)[C@H](O)CO)/C(=[N+](\[O-])O)C1. The van der Waals surface area contributed by atoms with E-state index in [9.17, 15) is 25.6 Å². The standard InChI is InChI=1S/C13H23NO7/c1-6-3-8(9(14(20)21)4-7(6)2)11(17)13(19)12(18)10(16)5-15/h8,10-13,15-19H,3-5H2,1-2H3,(H,20,21)/t8-,10-,11-,12-,13-/m1/s1. The molecule has 0 heterocycles. The molecule has 0 saturated carbocycles. The lowest BCUT2D eigenvalue weighted by molar-refractivity contribution is -0.728. The van der Waals surface area contributed by atoms with E-state index in [-0.39, 0.29) is 23.5 Å². The zero-order valence-electron chi connectivity index (χ0n) is 12.0. The van der Waals surface area contributed by atoms with Crippen molar-refractivity contribution in [2.45, 2.75) is 51.1 Å². The number of rotatable bonds is 5. The average molecular weight is 305 g/mol. The highest BCUT2D eigenvalue weighted by Gasteiger charge is 2.42. The Labute approximate surface area is 122 Å². The van der Waals surface area contributed by atoms with E-state index in [0.29, 0.717) is 0 Å². The second-order valence-corrected chi connectivity index (χ2v) is 5.53. The van der Waals surface area contributed by atoms with Gasteiger partial charge in [0.2, 0.25) is 5.71 Å². The molecular formula is C13H23NO7. The minimum Gasteiger partial charge on any atom is -0.418 e. The number of hydrogen-bond acceptors (Lipinski definition) is 7. The van der Waals surface area contributed by atoms with Crippen molar-refractivity contribution in [2.24, 2.45) is 5.92 Å². The van der Waals surface area contributed by atoms with E-state index in [1.807, 2.05) is 6.92 Å². The van der Waals surface area contributed by atoms with Crippen LogP contribution in [-0.2, 0) is 0 Å². The Balaban J connectivity index is 2.99. The third-order valence-electron chi connectivity index (χ3n) is 4.07. The molecule has 1 aliphatic carbocycles. The molecule has 0 unspecified atom stereocenters. The topological polar surface area (TPSA) is 147 Å². The molecule has 6 N–H and O–H groups in total. The van der Waals surface area contributed by atoms with Gasteiger partial charge in [-0.2, -0.15) is 0 Å². The molecule has 21 heavy (non-hydrogen) atoms. The Morgan fingerprint density at radius 3 is 2.19 bits per heavy atom. The van der Waals surface area contributed by atoms with Gasteiger partial charge in [0.1, 0.15) is 18.3 Å². The molecule has 5 atom stereocenters. The van der Waals surface area contributed by atoms with E-state index in [2.05, 4.69) is 0 Å². The summed E-state index contributed by atoms with van der Waals surface area (Å²) < 4.78 is 0. The van der Waals surface area contributed by atoms with Crippen LogP contribution in [0.2, 0.25) is 0 Å². The third kappa shape index (κ3) is 3.92. The molecule has 122 valence electrons. The van der Waals surface area contributed by atoms with Gasteiger partial charge in [-0.15, -0.1) is 0 Å². The number of hydrogen-bond donors (Lipinski definition) is 6. The van der Waals surface area contributed by atoms with Gasteiger partial charge < -0.3 is 30.7 Å². The first-order chi connectivity index (χ1) is 9.70. The first-order valence-corrected chi connectivity index (χ1v) is 6.70. The number of allylic oxidation sites excluding steroid dienone is 2. The van der Waals surface area contributed by atoms with Crippen LogP contribution in [0.5, 0.6) is 0 Å². The molecule has 8 nitrogen and oxygen atoms in total. The Hall–Kier alpha value is -1.19. The van der Waals surface area contributed by atoms with Crippen LogP contribution in [0.25, 0.3) is 0 Å². The summed E-state index contributed by atoms with van der Waals surface area (Å²) in [6.07, 6.45) is -6.32. The van der Waals surface area contributed by atoms with Crippen LogP contribution in [0.3, 0.4) is 0 Å². The van der Waals surface area contributed by atoms with E-state index in [4.69, 9.17) is 10.3 Å². The van der Waals surface area contributed by atoms with Gasteiger partial charge in [0, 0.05) is 4.90 Å². The molecule has 0 amide bonds. The summed E-state index contributed by atoms with van der Waals surface area (Å²) in [6.45, 7) is 2.82.